The largest absolute Gasteiger partial charge is 0.362 e. The summed E-state index contributed by atoms with van der Waals surface area (Å²) < 4.78 is 0. The van der Waals surface area contributed by atoms with Crippen molar-refractivity contribution in [2.45, 2.75) is 51.2 Å². The lowest BCUT2D eigenvalue weighted by Gasteiger charge is -2.30. The molecule has 4 aromatic rings. The van der Waals surface area contributed by atoms with Crippen LogP contribution in [0.15, 0.2) is 48.7 Å². The van der Waals surface area contributed by atoms with Crippen LogP contribution in [0.1, 0.15) is 36.8 Å². The molecule has 166 valence electrons. The second-order valence-electron chi connectivity index (χ2n) is 9.17. The van der Waals surface area contributed by atoms with E-state index in [1.165, 1.54) is 22.0 Å². The van der Waals surface area contributed by atoms with Crippen molar-refractivity contribution in [1.29, 1.82) is 0 Å². The van der Waals surface area contributed by atoms with E-state index in [4.69, 9.17) is 9.97 Å². The minimum atomic E-state index is 0.417. The Morgan fingerprint density at radius 3 is 2.50 bits per heavy atom. The number of para-hydroxylation sites is 2. The Bertz CT molecular complexity index is 1220. The Hall–Kier alpha value is -3.12. The van der Waals surface area contributed by atoms with Crippen molar-refractivity contribution in [3.8, 4) is 0 Å². The number of benzene rings is 2. The van der Waals surface area contributed by atoms with Crippen LogP contribution in [-0.4, -0.2) is 41.1 Å². The Labute approximate surface area is 189 Å². The molecule has 0 spiro atoms. The van der Waals surface area contributed by atoms with Crippen LogP contribution >= 0.6 is 0 Å². The molecule has 1 fully saturated rings. The molecule has 6 nitrogen and oxygen atoms in total. The van der Waals surface area contributed by atoms with Gasteiger partial charge in [-0.1, -0.05) is 30.3 Å². The molecule has 1 aliphatic carbocycles. The van der Waals surface area contributed by atoms with Gasteiger partial charge in [0, 0.05) is 55.2 Å². The van der Waals surface area contributed by atoms with E-state index < -0.39 is 0 Å². The molecule has 0 unspecified atom stereocenters. The highest BCUT2D eigenvalue weighted by atomic mass is 15.2. The molecule has 2 aromatic carbocycles. The molecule has 2 heterocycles. The van der Waals surface area contributed by atoms with Gasteiger partial charge in [0.2, 0.25) is 5.95 Å². The topological polar surface area (TPSA) is 68.9 Å². The standard InChI is InChI=1S/C26H32N6/c1-17-7-6-9-21-18(16-28-24(17)21)15-27-19-11-13-20(14-12-19)29-26-30-23-10-5-4-8-22(23)25(31-26)32(2)3/h4-10,16,19-20,27-28H,11-15H2,1-3H3,(H,29,30,31)/t19-,20+. The number of nitrogens with one attached hydrogen (secondary N) is 3. The highest BCUT2D eigenvalue weighted by Crippen LogP contribution is 2.27. The Morgan fingerprint density at radius 1 is 0.938 bits per heavy atom. The first kappa shape index (κ1) is 20.8. The molecule has 0 amide bonds. The van der Waals surface area contributed by atoms with Crippen LogP contribution < -0.4 is 15.5 Å². The first-order chi connectivity index (χ1) is 15.6. The van der Waals surface area contributed by atoms with Gasteiger partial charge in [-0.3, -0.25) is 0 Å². The van der Waals surface area contributed by atoms with E-state index in [1.54, 1.807) is 0 Å². The van der Waals surface area contributed by atoms with Crippen LogP contribution in [0.2, 0.25) is 0 Å². The molecule has 1 saturated carbocycles. The number of aromatic nitrogens is 3. The molecule has 0 radical (unpaired) electrons. The van der Waals surface area contributed by atoms with Gasteiger partial charge in [-0.2, -0.15) is 4.98 Å². The molecule has 3 N–H and O–H groups in total. The fourth-order valence-electron chi connectivity index (χ4n) is 4.85. The van der Waals surface area contributed by atoms with E-state index in [9.17, 15) is 0 Å². The smallest absolute Gasteiger partial charge is 0.225 e. The molecule has 5 rings (SSSR count). The van der Waals surface area contributed by atoms with Crippen LogP contribution in [0.25, 0.3) is 21.8 Å². The van der Waals surface area contributed by atoms with Crippen LogP contribution in [0.4, 0.5) is 11.8 Å². The van der Waals surface area contributed by atoms with Gasteiger partial charge in [0.15, 0.2) is 0 Å². The molecule has 0 atom stereocenters. The first-order valence-electron chi connectivity index (χ1n) is 11.6. The van der Waals surface area contributed by atoms with Gasteiger partial charge in [0.25, 0.3) is 0 Å². The van der Waals surface area contributed by atoms with E-state index >= 15 is 0 Å². The van der Waals surface area contributed by atoms with Gasteiger partial charge < -0.3 is 20.5 Å². The highest BCUT2D eigenvalue weighted by Gasteiger charge is 2.22. The number of aryl methyl sites for hydroxylation is 1. The normalized spacial score (nSPS) is 18.8. The second-order valence-corrected chi connectivity index (χ2v) is 9.17. The summed E-state index contributed by atoms with van der Waals surface area (Å²) in [5.74, 6) is 1.69. The molecule has 2 aromatic heterocycles. The third-order valence-electron chi connectivity index (χ3n) is 6.66. The molecule has 0 aliphatic heterocycles. The molecular formula is C26H32N6. The van der Waals surface area contributed by atoms with Gasteiger partial charge in [-0.25, -0.2) is 4.98 Å². The highest BCUT2D eigenvalue weighted by molar-refractivity contribution is 5.90. The first-order valence-corrected chi connectivity index (χ1v) is 11.6. The fourth-order valence-corrected chi connectivity index (χ4v) is 4.85. The molecule has 6 heteroatoms. The summed E-state index contributed by atoms with van der Waals surface area (Å²) >= 11 is 0. The molecule has 32 heavy (non-hydrogen) atoms. The van der Waals surface area contributed by atoms with Crippen LogP contribution in [0.5, 0.6) is 0 Å². The van der Waals surface area contributed by atoms with Crippen LogP contribution in [0.3, 0.4) is 0 Å². The lowest BCUT2D eigenvalue weighted by atomic mass is 9.91. The van der Waals surface area contributed by atoms with E-state index in [1.807, 2.05) is 26.2 Å². The summed E-state index contributed by atoms with van der Waals surface area (Å²) in [6.07, 6.45) is 6.72. The SMILES string of the molecule is Cc1cccc2c(CN[C@H]3CC[C@@H](Nc4nc(N(C)C)c5ccccc5n4)CC3)c[nH]c12. The lowest BCUT2D eigenvalue weighted by molar-refractivity contribution is 0.352. The number of rotatable bonds is 6. The number of aromatic amines is 1. The third-order valence-corrected chi connectivity index (χ3v) is 6.66. The summed E-state index contributed by atoms with van der Waals surface area (Å²) in [7, 11) is 4.06. The van der Waals surface area contributed by atoms with E-state index in [-0.39, 0.29) is 0 Å². The van der Waals surface area contributed by atoms with Crippen molar-refractivity contribution in [2.24, 2.45) is 0 Å². The monoisotopic (exact) mass is 428 g/mol. The van der Waals surface area contributed by atoms with E-state index in [0.717, 1.165) is 54.9 Å². The number of nitrogens with zero attached hydrogens (tertiary/aromatic N) is 3. The summed E-state index contributed by atoms with van der Waals surface area (Å²) in [5.41, 5.74) is 4.89. The van der Waals surface area contributed by atoms with Crippen molar-refractivity contribution < 1.29 is 0 Å². The van der Waals surface area contributed by atoms with Gasteiger partial charge in [-0.05, 0) is 55.9 Å². The minimum Gasteiger partial charge on any atom is -0.362 e. The fraction of sp³-hybridized carbons (Fsp3) is 0.385. The molecule has 0 saturated heterocycles. The zero-order valence-corrected chi connectivity index (χ0v) is 19.2. The van der Waals surface area contributed by atoms with Crippen molar-refractivity contribution in [2.75, 3.05) is 24.3 Å². The number of H-pyrrole nitrogens is 1. The van der Waals surface area contributed by atoms with Gasteiger partial charge in [0.05, 0.1) is 5.52 Å². The summed E-state index contributed by atoms with van der Waals surface area (Å²) in [6, 6.07) is 15.7. The zero-order chi connectivity index (χ0) is 22.1. The summed E-state index contributed by atoms with van der Waals surface area (Å²) in [4.78, 5) is 15.1. The van der Waals surface area contributed by atoms with Crippen molar-refractivity contribution >= 4 is 33.6 Å². The Kier molecular flexibility index (Phi) is 5.70. The molecule has 0 bridgehead atoms. The maximum atomic E-state index is 4.80. The Morgan fingerprint density at radius 2 is 1.69 bits per heavy atom. The number of fused-ring (bicyclic) bond motifs is 2. The number of hydrogen-bond donors (Lipinski definition) is 3. The van der Waals surface area contributed by atoms with Crippen molar-refractivity contribution in [3.05, 3.63) is 59.8 Å². The minimum absolute atomic E-state index is 0.417. The quantitative estimate of drug-likeness (QED) is 0.403. The number of hydrogen-bond acceptors (Lipinski definition) is 5. The van der Waals surface area contributed by atoms with E-state index in [0.29, 0.717) is 12.1 Å². The molecular weight excluding hydrogens is 396 g/mol. The van der Waals surface area contributed by atoms with Crippen LogP contribution in [-0.2, 0) is 6.54 Å². The predicted octanol–water partition coefficient (Wildman–Crippen LogP) is 5.00. The maximum absolute atomic E-state index is 4.80. The molecule has 1 aliphatic rings. The summed E-state index contributed by atoms with van der Waals surface area (Å²) in [6.45, 7) is 3.07. The van der Waals surface area contributed by atoms with Crippen molar-refractivity contribution in [3.63, 3.8) is 0 Å². The summed E-state index contributed by atoms with van der Waals surface area (Å²) in [5, 5.41) is 9.81. The van der Waals surface area contributed by atoms with Gasteiger partial charge in [0.1, 0.15) is 5.82 Å². The lowest BCUT2D eigenvalue weighted by Crippen LogP contribution is -2.36. The third kappa shape index (κ3) is 4.15. The predicted molar refractivity (Wildman–Crippen MR) is 133 cm³/mol. The van der Waals surface area contributed by atoms with E-state index in [2.05, 4.69) is 64.0 Å². The average Bonchev–Trinajstić information content (AvgIpc) is 3.22. The average molecular weight is 429 g/mol. The second kappa shape index (κ2) is 8.79. The zero-order valence-electron chi connectivity index (χ0n) is 19.2. The van der Waals surface area contributed by atoms with Crippen molar-refractivity contribution in [1.82, 2.24) is 20.3 Å². The van der Waals surface area contributed by atoms with Gasteiger partial charge >= 0.3 is 0 Å². The van der Waals surface area contributed by atoms with Crippen LogP contribution in [0, 0.1) is 6.92 Å². The van der Waals surface area contributed by atoms with Gasteiger partial charge in [-0.15, -0.1) is 0 Å². The maximum Gasteiger partial charge on any atom is 0.225 e. The number of anilines is 2. The Balaban J connectivity index is 1.19.